The summed E-state index contributed by atoms with van der Waals surface area (Å²) >= 11 is 0. The Morgan fingerprint density at radius 3 is 2.72 bits per heavy atom. The fourth-order valence-electron chi connectivity index (χ4n) is 3.94. The van der Waals surface area contributed by atoms with Crippen molar-refractivity contribution in [3.05, 3.63) is 71.4 Å². The molecule has 3 N–H and O–H groups in total. The maximum absolute atomic E-state index is 12.2. The molecule has 0 fully saturated rings. The lowest BCUT2D eigenvalue weighted by atomic mass is 9.91. The van der Waals surface area contributed by atoms with Gasteiger partial charge in [0.05, 0.1) is 12.8 Å². The number of rotatable bonds is 4. The summed E-state index contributed by atoms with van der Waals surface area (Å²) in [6, 6.07) is 18.9. The predicted octanol–water partition coefficient (Wildman–Crippen LogP) is 2.50. The first-order valence-corrected chi connectivity index (χ1v) is 8.82. The van der Waals surface area contributed by atoms with Crippen LogP contribution in [0.3, 0.4) is 0 Å². The Labute approximate surface area is 147 Å². The van der Waals surface area contributed by atoms with Crippen molar-refractivity contribution in [1.82, 2.24) is 4.98 Å². The van der Waals surface area contributed by atoms with Gasteiger partial charge < -0.3 is 15.0 Å². The average Bonchev–Trinajstić information content (AvgIpc) is 3.05. The molecular weight excluding hydrogens is 312 g/mol. The molecule has 4 nitrogen and oxygen atoms in total. The van der Waals surface area contributed by atoms with Crippen molar-refractivity contribution in [2.45, 2.75) is 31.3 Å². The van der Waals surface area contributed by atoms with Crippen LogP contribution in [0.1, 0.15) is 29.3 Å². The van der Waals surface area contributed by atoms with Crippen LogP contribution in [-0.4, -0.2) is 24.1 Å². The highest BCUT2D eigenvalue weighted by atomic mass is 16.5. The SMILES string of the molecule is COC(=O)[C@H]1Cc2c([nH]c3ccccc23)[C@@H](CCc2ccccc2)[NH2+]1. The Bertz CT molecular complexity index is 885. The zero-order chi connectivity index (χ0) is 17.2. The first kappa shape index (κ1) is 15.9. The number of quaternary nitrogens is 1. The Balaban J connectivity index is 1.66. The maximum atomic E-state index is 12.2. The van der Waals surface area contributed by atoms with Crippen molar-refractivity contribution in [3.8, 4) is 0 Å². The standard InChI is InChI=1S/C21H22N2O2/c1-25-21(24)19-13-16-15-9-5-6-10-17(15)23-20(16)18(22-19)12-11-14-7-3-2-4-8-14/h2-10,18-19,22-23H,11-13H2,1H3/p+1/t18-,19-/m1/s1. The number of nitrogens with two attached hydrogens (primary N) is 1. The van der Waals surface area contributed by atoms with Gasteiger partial charge in [-0.05, 0) is 23.6 Å². The number of aromatic nitrogens is 1. The number of benzene rings is 2. The first-order valence-electron chi connectivity index (χ1n) is 8.82. The van der Waals surface area contributed by atoms with Crippen LogP contribution in [0, 0.1) is 0 Å². The molecular formula is C21H23N2O2+. The molecule has 1 aliphatic rings. The lowest BCUT2D eigenvalue weighted by molar-refractivity contribution is -0.721. The monoisotopic (exact) mass is 335 g/mol. The van der Waals surface area contributed by atoms with Crippen molar-refractivity contribution in [1.29, 1.82) is 0 Å². The highest BCUT2D eigenvalue weighted by Gasteiger charge is 2.37. The van der Waals surface area contributed by atoms with Gasteiger partial charge in [-0.3, -0.25) is 0 Å². The number of methoxy groups -OCH3 is 1. The molecule has 0 spiro atoms. The summed E-state index contributed by atoms with van der Waals surface area (Å²) in [5, 5.41) is 3.40. The van der Waals surface area contributed by atoms with Crippen LogP contribution >= 0.6 is 0 Å². The minimum atomic E-state index is -0.169. The highest BCUT2D eigenvalue weighted by Crippen LogP contribution is 2.30. The van der Waals surface area contributed by atoms with Crippen LogP contribution < -0.4 is 5.32 Å². The van der Waals surface area contributed by atoms with E-state index in [4.69, 9.17) is 4.74 Å². The quantitative estimate of drug-likeness (QED) is 0.720. The second-order valence-corrected chi connectivity index (χ2v) is 6.72. The van der Waals surface area contributed by atoms with Crippen molar-refractivity contribution in [2.75, 3.05) is 7.11 Å². The number of carbonyl (C=O) groups is 1. The van der Waals surface area contributed by atoms with E-state index in [0.29, 0.717) is 6.42 Å². The number of hydrogen-bond acceptors (Lipinski definition) is 2. The third kappa shape index (κ3) is 3.05. The fourth-order valence-corrected chi connectivity index (χ4v) is 3.94. The van der Waals surface area contributed by atoms with E-state index in [2.05, 4.69) is 52.8 Å². The summed E-state index contributed by atoms with van der Waals surface area (Å²) in [5.74, 6) is -0.138. The molecule has 0 aliphatic carbocycles. The molecule has 128 valence electrons. The average molecular weight is 335 g/mol. The molecule has 2 aromatic carbocycles. The summed E-state index contributed by atoms with van der Waals surface area (Å²) in [4.78, 5) is 15.8. The molecule has 0 amide bonds. The second kappa shape index (κ2) is 6.73. The van der Waals surface area contributed by atoms with Gasteiger partial charge in [0.1, 0.15) is 6.04 Å². The fraction of sp³-hybridized carbons (Fsp3) is 0.286. The minimum Gasteiger partial charge on any atom is -0.465 e. The molecule has 0 radical (unpaired) electrons. The molecule has 4 heteroatoms. The van der Waals surface area contributed by atoms with E-state index in [1.54, 1.807) is 0 Å². The van der Waals surface area contributed by atoms with Gasteiger partial charge in [0, 0.05) is 23.7 Å². The molecule has 25 heavy (non-hydrogen) atoms. The summed E-state index contributed by atoms with van der Waals surface area (Å²) in [5.41, 5.74) is 5.01. The van der Waals surface area contributed by atoms with E-state index in [-0.39, 0.29) is 18.1 Å². The van der Waals surface area contributed by atoms with Gasteiger partial charge >= 0.3 is 5.97 Å². The van der Waals surface area contributed by atoms with Crippen LogP contribution in [0.5, 0.6) is 0 Å². The third-order valence-electron chi connectivity index (χ3n) is 5.20. The zero-order valence-electron chi connectivity index (χ0n) is 14.4. The second-order valence-electron chi connectivity index (χ2n) is 6.72. The van der Waals surface area contributed by atoms with Gasteiger partial charge in [0.15, 0.2) is 6.04 Å². The number of H-pyrrole nitrogens is 1. The van der Waals surface area contributed by atoms with Crippen molar-refractivity contribution in [3.63, 3.8) is 0 Å². The molecule has 3 aromatic rings. The van der Waals surface area contributed by atoms with Crippen molar-refractivity contribution in [2.24, 2.45) is 0 Å². The Hall–Kier alpha value is -2.59. The molecule has 2 heterocycles. The van der Waals surface area contributed by atoms with Crippen molar-refractivity contribution < 1.29 is 14.8 Å². The van der Waals surface area contributed by atoms with Crippen LogP contribution in [0.2, 0.25) is 0 Å². The normalized spacial score (nSPS) is 19.6. The molecule has 0 saturated carbocycles. The van der Waals surface area contributed by atoms with Gasteiger partial charge in [-0.15, -0.1) is 0 Å². The van der Waals surface area contributed by atoms with E-state index < -0.39 is 0 Å². The number of esters is 1. The topological polar surface area (TPSA) is 58.7 Å². The summed E-state index contributed by atoms with van der Waals surface area (Å²) < 4.78 is 5.02. The summed E-state index contributed by atoms with van der Waals surface area (Å²) in [6.45, 7) is 0. The van der Waals surface area contributed by atoms with Gasteiger partial charge in [0.25, 0.3) is 0 Å². The zero-order valence-corrected chi connectivity index (χ0v) is 14.4. The predicted molar refractivity (Wildman–Crippen MR) is 97.2 cm³/mol. The van der Waals surface area contributed by atoms with Crippen LogP contribution in [0.15, 0.2) is 54.6 Å². The number of hydrogen-bond donors (Lipinski definition) is 2. The van der Waals surface area contributed by atoms with Crippen LogP contribution in [-0.2, 0) is 22.4 Å². The molecule has 0 bridgehead atoms. The number of carbonyl (C=O) groups excluding carboxylic acids is 1. The number of aryl methyl sites for hydroxylation is 1. The molecule has 0 unspecified atom stereocenters. The third-order valence-corrected chi connectivity index (χ3v) is 5.20. The number of ether oxygens (including phenoxy) is 1. The Morgan fingerprint density at radius 2 is 1.92 bits per heavy atom. The highest BCUT2D eigenvalue weighted by molar-refractivity contribution is 5.86. The molecule has 0 saturated heterocycles. The van der Waals surface area contributed by atoms with Crippen molar-refractivity contribution >= 4 is 16.9 Å². The minimum absolute atomic E-state index is 0.138. The van der Waals surface area contributed by atoms with Gasteiger partial charge in [0.2, 0.25) is 0 Å². The van der Waals surface area contributed by atoms with E-state index in [1.807, 2.05) is 12.1 Å². The molecule has 1 aliphatic heterocycles. The number of nitrogens with one attached hydrogen (secondary N) is 1. The number of aromatic amines is 1. The Kier molecular flexibility index (Phi) is 4.28. The smallest absolute Gasteiger partial charge is 0.364 e. The first-order chi connectivity index (χ1) is 12.3. The van der Waals surface area contributed by atoms with Crippen LogP contribution in [0.25, 0.3) is 10.9 Å². The van der Waals surface area contributed by atoms with Gasteiger partial charge in [-0.25, -0.2) is 4.79 Å². The molecule has 1 aromatic heterocycles. The number of para-hydroxylation sites is 1. The Morgan fingerprint density at radius 1 is 1.16 bits per heavy atom. The van der Waals surface area contributed by atoms with E-state index in [0.717, 1.165) is 18.4 Å². The van der Waals surface area contributed by atoms with E-state index in [9.17, 15) is 4.79 Å². The lowest BCUT2D eigenvalue weighted by Crippen LogP contribution is -2.94. The summed E-state index contributed by atoms with van der Waals surface area (Å²) in [6.07, 6.45) is 2.69. The van der Waals surface area contributed by atoms with Crippen LogP contribution in [0.4, 0.5) is 0 Å². The maximum Gasteiger partial charge on any atom is 0.364 e. The number of fused-ring (bicyclic) bond motifs is 3. The molecule has 4 rings (SSSR count). The van der Waals surface area contributed by atoms with E-state index in [1.165, 1.54) is 29.3 Å². The lowest BCUT2D eigenvalue weighted by Gasteiger charge is -2.26. The van der Waals surface area contributed by atoms with Gasteiger partial charge in [-0.2, -0.15) is 0 Å². The summed E-state index contributed by atoms with van der Waals surface area (Å²) in [7, 11) is 1.47. The molecule has 2 atom stereocenters. The van der Waals surface area contributed by atoms with E-state index >= 15 is 0 Å². The largest absolute Gasteiger partial charge is 0.465 e. The van der Waals surface area contributed by atoms with Gasteiger partial charge in [-0.1, -0.05) is 48.5 Å².